The number of benzene rings is 1. The zero-order valence-corrected chi connectivity index (χ0v) is 52.2. The van der Waals surface area contributed by atoms with E-state index in [2.05, 4.69) is 34.9 Å². The predicted octanol–water partition coefficient (Wildman–Crippen LogP) is 6.08. The number of esters is 1. The predicted molar refractivity (Wildman–Crippen MR) is 327 cm³/mol. The Hall–Kier alpha value is -2.16. The van der Waals surface area contributed by atoms with Crippen molar-refractivity contribution in [2.24, 2.45) is 63.5 Å². The van der Waals surface area contributed by atoms with Crippen molar-refractivity contribution in [1.82, 2.24) is 16.0 Å². The molecule has 0 amide bonds. The maximum Gasteiger partial charge on any atom is 0.306 e. The molecule has 83 heavy (non-hydrogen) atoms. The van der Waals surface area contributed by atoms with Crippen LogP contribution in [0.25, 0.3) is 11.0 Å². The standard InChI is InChI=1S/C61H93N5O13S4/c1-5-75-48(70)13-9-37-26-38-18-24-76-50(38)52-51(37)78-54-61(74)49-39(7-10-44(68)43(49)31-67)28-59(73,53(61)71)60(79-54)34-82-83-58-29-41(33-81-80-32-40(8-12-47(60)69)35(2)6-11-46(58)65-23-25-77-52)57(22-14-36(27-57)30-63-3)45(58)17-21-56(72)19-15-42(16-20-56)66-55(62)64-4/h7,10,18,24,26,35-36,39-47,49,53-54,63,65,67-69,71-74H,5-6,8-9,11-17,19-23,25,27-34H2,1-4H3,(H3,62,64,66)/t35-,36-,39+,40-,41+,42?,43-,44-,45+,46+,47+,49-,53+,54-,56?,57-,58-,59+,60-,61-/m1/s1. The molecular formula is C61H93N5O13S4. The molecule has 12 N–H and O–H groups in total. The lowest BCUT2D eigenvalue weighted by Gasteiger charge is -2.67. The fourth-order valence-electron chi connectivity index (χ4n) is 17.7. The van der Waals surface area contributed by atoms with E-state index in [1.165, 1.54) is 0 Å². The van der Waals surface area contributed by atoms with E-state index in [-0.39, 0.29) is 91.4 Å². The SMILES string of the molecule is CCOC(=O)CCc1cc2ccoc2c2c1O[C@@H]1O[C@@]3(CSS[C@@]45C[C@@H](CSSC[C@@H](CC[C@@H]3O)[C@H](C)CC[C@@H]4NCCO2)[C@]2(CC[C@@H](CNC)C2)[C@@H]5CCC2(O)CCC(NC(N)=NC)CC2)[C@]2(O)C[C@@H]3C=C[C@@H](O)[C@@H](CO)[C@@H]3[C@@]1(O)[C@H]2O. The van der Waals surface area contributed by atoms with Crippen LogP contribution in [0.1, 0.15) is 122 Å². The number of nitrogens with one attached hydrogen (secondary N) is 3. The lowest BCUT2D eigenvalue weighted by molar-refractivity contribution is -0.424. The van der Waals surface area contributed by atoms with E-state index in [0.29, 0.717) is 66.6 Å². The van der Waals surface area contributed by atoms with Crippen LogP contribution in [0.4, 0.5) is 0 Å². The van der Waals surface area contributed by atoms with Crippen LogP contribution in [-0.2, 0) is 20.7 Å². The summed E-state index contributed by atoms with van der Waals surface area (Å²) in [5, 5.41) is 102. The smallest absolute Gasteiger partial charge is 0.306 e. The van der Waals surface area contributed by atoms with Crippen LogP contribution >= 0.6 is 43.2 Å². The molecule has 1 aromatic heterocycles. The van der Waals surface area contributed by atoms with Crippen molar-refractivity contribution in [3.63, 3.8) is 0 Å². The van der Waals surface area contributed by atoms with E-state index in [9.17, 15) is 40.5 Å². The molecule has 9 aliphatic rings. The molecule has 4 aliphatic heterocycles. The number of nitrogens with zero attached hydrogens (tertiary/aromatic N) is 1. The zero-order valence-electron chi connectivity index (χ0n) is 48.9. The van der Waals surface area contributed by atoms with Crippen LogP contribution in [0.15, 0.2) is 40.0 Å². The molecule has 18 nitrogen and oxygen atoms in total. The van der Waals surface area contributed by atoms with E-state index in [1.807, 2.05) is 44.5 Å². The van der Waals surface area contributed by atoms with E-state index >= 15 is 0 Å². The van der Waals surface area contributed by atoms with E-state index < -0.39 is 82.1 Å². The van der Waals surface area contributed by atoms with Gasteiger partial charge in [-0.2, -0.15) is 0 Å². The lowest BCUT2D eigenvalue weighted by Crippen LogP contribution is -2.86. The topological polar surface area (TPSA) is 283 Å². The number of ether oxygens (including phenoxy) is 4. The Morgan fingerprint density at radius 1 is 0.976 bits per heavy atom. The van der Waals surface area contributed by atoms with Gasteiger partial charge in [0.1, 0.15) is 23.9 Å². The first kappa shape index (κ1) is 62.4. The molecular weight excluding hydrogens is 1140 g/mol. The normalized spacial score (nSPS) is 43.9. The number of allylic oxidation sites excluding steroid dienone is 1. The highest BCUT2D eigenvalue weighted by atomic mass is 33.1. The van der Waals surface area contributed by atoms with Gasteiger partial charge in [0.15, 0.2) is 22.9 Å². The Labute approximate surface area is 505 Å². The Balaban J connectivity index is 1.10. The highest BCUT2D eigenvalue weighted by Gasteiger charge is 2.78. The molecule has 7 fully saturated rings. The van der Waals surface area contributed by atoms with E-state index in [1.54, 1.807) is 43.2 Å². The van der Waals surface area contributed by atoms with Crippen LogP contribution in [0.5, 0.6) is 11.5 Å². The van der Waals surface area contributed by atoms with Crippen molar-refractivity contribution in [2.45, 2.75) is 187 Å². The summed E-state index contributed by atoms with van der Waals surface area (Å²) in [5.41, 5.74) is -0.764. The second-order valence-corrected chi connectivity index (χ2v) is 31.6. The third-order valence-electron chi connectivity index (χ3n) is 22.1. The van der Waals surface area contributed by atoms with Gasteiger partial charge in [-0.25, -0.2) is 0 Å². The zero-order chi connectivity index (χ0) is 58.5. The van der Waals surface area contributed by atoms with Crippen molar-refractivity contribution >= 4 is 66.1 Å². The van der Waals surface area contributed by atoms with Crippen LogP contribution in [0.3, 0.4) is 0 Å². The molecule has 4 saturated carbocycles. The van der Waals surface area contributed by atoms with Gasteiger partial charge in [-0.15, -0.1) is 0 Å². The molecule has 3 saturated heterocycles. The van der Waals surface area contributed by atoms with Gasteiger partial charge in [0.25, 0.3) is 0 Å². The first-order valence-electron chi connectivity index (χ1n) is 31.0. The Morgan fingerprint density at radius 2 is 1.78 bits per heavy atom. The monoisotopic (exact) mass is 1230 g/mol. The van der Waals surface area contributed by atoms with Crippen LogP contribution in [0, 0.1) is 52.8 Å². The summed E-state index contributed by atoms with van der Waals surface area (Å²) in [7, 11) is 11.1. The molecule has 3 spiro atoms. The Morgan fingerprint density at radius 3 is 2.55 bits per heavy atom. The summed E-state index contributed by atoms with van der Waals surface area (Å²) in [4.78, 5) is 17.3. The molecule has 1 aromatic carbocycles. The molecule has 11 rings (SSSR count). The van der Waals surface area contributed by atoms with Crippen LogP contribution in [0.2, 0.25) is 0 Å². The number of aryl methyl sites for hydroxylation is 1. The second-order valence-electron chi connectivity index (χ2n) is 26.4. The largest absolute Gasteiger partial charge is 0.485 e. The number of hydrogen-bond acceptors (Lipinski definition) is 20. The van der Waals surface area contributed by atoms with Gasteiger partial charge in [0.2, 0.25) is 12.0 Å². The molecule has 2 aromatic rings. The van der Waals surface area contributed by atoms with Crippen LogP contribution in [-0.4, -0.2) is 176 Å². The molecule has 0 radical (unpaired) electrons. The van der Waals surface area contributed by atoms with Gasteiger partial charge in [-0.3, -0.25) is 9.79 Å². The number of carbonyl (C=O) groups is 1. The quantitative estimate of drug-likeness (QED) is 0.0399. The average Bonchev–Trinajstić information content (AvgIpc) is 1.19. The summed E-state index contributed by atoms with van der Waals surface area (Å²) < 4.78 is 32.9. The van der Waals surface area contributed by atoms with Crippen molar-refractivity contribution in [3.05, 3.63) is 36.1 Å². The highest BCUT2D eigenvalue weighted by Crippen LogP contribution is 2.72. The van der Waals surface area contributed by atoms with Crippen molar-refractivity contribution in [2.75, 3.05) is 64.3 Å². The van der Waals surface area contributed by atoms with Gasteiger partial charge < -0.3 is 80.8 Å². The minimum Gasteiger partial charge on any atom is -0.485 e. The highest BCUT2D eigenvalue weighted by molar-refractivity contribution is 8.77. The van der Waals surface area contributed by atoms with E-state index in [4.69, 9.17) is 29.1 Å². The van der Waals surface area contributed by atoms with Gasteiger partial charge in [0, 0.05) is 77.9 Å². The number of nitrogens with two attached hydrogens (primary N) is 1. The summed E-state index contributed by atoms with van der Waals surface area (Å²) in [6.45, 7) is 5.24. The average molecular weight is 1230 g/mol. The number of carbonyl (C=O) groups excluding carboxylic acids is 1. The molecule has 8 bridgehead atoms. The summed E-state index contributed by atoms with van der Waals surface area (Å²) in [6.07, 6.45) is 9.38. The summed E-state index contributed by atoms with van der Waals surface area (Å²) >= 11 is 0. The minimum atomic E-state index is -2.52. The molecule has 18 atom stereocenters. The van der Waals surface area contributed by atoms with Crippen molar-refractivity contribution < 1.29 is 63.9 Å². The number of aliphatic imine (C=N–C) groups is 1. The Kier molecular flexibility index (Phi) is 19.1. The molecule has 464 valence electrons. The number of rotatable bonds is 11. The third kappa shape index (κ3) is 11.3. The van der Waals surface area contributed by atoms with Gasteiger partial charge in [-0.1, -0.05) is 62.3 Å². The first-order chi connectivity index (χ1) is 39.9. The van der Waals surface area contributed by atoms with Crippen molar-refractivity contribution in [3.8, 4) is 11.5 Å². The van der Waals surface area contributed by atoms with Gasteiger partial charge in [-0.05, 0) is 182 Å². The fraction of sp³-hybridized carbons (Fsp3) is 0.803. The second kappa shape index (κ2) is 25.4. The van der Waals surface area contributed by atoms with E-state index in [0.717, 1.165) is 75.8 Å². The summed E-state index contributed by atoms with van der Waals surface area (Å²) in [5.74, 6) is 0.622. The van der Waals surface area contributed by atoms with Gasteiger partial charge >= 0.3 is 5.97 Å². The maximum absolute atomic E-state index is 14.0. The molecule has 0 unspecified atom stereocenters. The number of aliphatic hydroxyl groups excluding tert-OH is 4. The lowest BCUT2D eigenvalue weighted by atomic mass is 9.50. The summed E-state index contributed by atoms with van der Waals surface area (Å²) in [6, 6.07) is 3.72. The number of furan rings is 1. The van der Waals surface area contributed by atoms with Crippen molar-refractivity contribution in [1.29, 1.82) is 0 Å². The molecule has 5 aliphatic carbocycles. The third-order valence-corrected chi connectivity index (χ3v) is 28.1. The molecule has 22 heteroatoms. The number of guanidine groups is 1. The van der Waals surface area contributed by atoms with Crippen LogP contribution < -0.4 is 31.2 Å². The first-order valence-corrected chi connectivity index (χ1v) is 35.8. The molecule has 5 heterocycles. The minimum absolute atomic E-state index is 0.0146. The fourth-order valence-corrected chi connectivity index (χ4v) is 25.1. The number of fused-ring (bicyclic) bond motifs is 16. The van der Waals surface area contributed by atoms with Gasteiger partial charge in [0.05, 0.1) is 30.7 Å². The maximum atomic E-state index is 14.0. The Bertz CT molecular complexity index is 2650. The number of aliphatic hydroxyl groups is 7. The number of hydrogen-bond donors (Lipinski definition) is 11.